The highest BCUT2D eigenvalue weighted by molar-refractivity contribution is 6.67. The zero-order valence-electron chi connectivity index (χ0n) is 7.47. The van der Waals surface area contributed by atoms with E-state index in [-0.39, 0.29) is 6.54 Å². The van der Waals surface area contributed by atoms with Crippen molar-refractivity contribution in [3.8, 4) is 0 Å². The van der Waals surface area contributed by atoms with Gasteiger partial charge >= 0.3 is 6.18 Å². The number of halogens is 6. The molecule has 3 nitrogen and oxygen atoms in total. The summed E-state index contributed by atoms with van der Waals surface area (Å²) in [7, 11) is 0. The average Bonchev–Trinajstić information content (AvgIpc) is 2.44. The van der Waals surface area contributed by atoms with E-state index in [1.165, 1.54) is 6.92 Å². The van der Waals surface area contributed by atoms with Gasteiger partial charge in [0.15, 0.2) is 0 Å². The highest BCUT2D eigenvalue weighted by atomic mass is 35.6. The van der Waals surface area contributed by atoms with Crippen molar-refractivity contribution in [2.45, 2.75) is 23.2 Å². The summed E-state index contributed by atoms with van der Waals surface area (Å²) >= 11 is 16.2. The first-order valence-electron chi connectivity index (χ1n) is 3.90. The lowest BCUT2D eigenvalue weighted by Crippen LogP contribution is -2.54. The number of rotatable bonds is 1. The van der Waals surface area contributed by atoms with E-state index in [1.54, 1.807) is 0 Å². The quantitative estimate of drug-likeness (QED) is 0.545. The largest absolute Gasteiger partial charge is 0.429 e. The molecule has 0 bridgehead atoms. The predicted octanol–water partition coefficient (Wildman–Crippen LogP) is 2.78. The van der Waals surface area contributed by atoms with E-state index < -0.39 is 16.3 Å². The topological polar surface area (TPSA) is 18.8 Å². The minimum atomic E-state index is -4.55. The fourth-order valence-corrected chi connectivity index (χ4v) is 1.59. The van der Waals surface area contributed by atoms with Crippen molar-refractivity contribution < 1.29 is 13.2 Å². The highest BCUT2D eigenvalue weighted by Crippen LogP contribution is 2.40. The third-order valence-corrected chi connectivity index (χ3v) is 2.37. The second-order valence-corrected chi connectivity index (χ2v) is 5.00. The summed E-state index contributed by atoms with van der Waals surface area (Å²) in [6.45, 7) is 1.59. The van der Waals surface area contributed by atoms with E-state index in [0.717, 1.165) is 11.3 Å². The van der Waals surface area contributed by atoms with Crippen LogP contribution in [0.2, 0.25) is 0 Å². The Kier molecular flexibility index (Phi) is 3.52. The molecule has 0 saturated heterocycles. The second kappa shape index (κ2) is 4.07. The molecule has 1 atom stereocenters. The molecule has 1 unspecified atom stereocenters. The first-order chi connectivity index (χ1) is 6.68. The summed E-state index contributed by atoms with van der Waals surface area (Å²) in [4.78, 5) is 0.529. The highest BCUT2D eigenvalue weighted by Gasteiger charge is 2.54. The van der Waals surface area contributed by atoms with Gasteiger partial charge < -0.3 is 0 Å². The normalized spacial score (nSPS) is 22.7. The van der Waals surface area contributed by atoms with Crippen molar-refractivity contribution >= 4 is 41.1 Å². The van der Waals surface area contributed by atoms with Gasteiger partial charge in [0.2, 0.25) is 6.17 Å². The Morgan fingerprint density at radius 2 is 1.87 bits per heavy atom. The summed E-state index contributed by atoms with van der Waals surface area (Å²) in [5.74, 6) is 0. The Balaban J connectivity index is 2.96. The Morgan fingerprint density at radius 1 is 1.33 bits per heavy atom. The molecule has 0 aliphatic carbocycles. The Morgan fingerprint density at radius 3 is 2.20 bits per heavy atom. The molecule has 0 radical (unpaired) electrons. The Labute approximate surface area is 99.3 Å². The minimum absolute atomic E-state index is 0.0674. The molecule has 0 N–H and O–H groups in total. The van der Waals surface area contributed by atoms with Crippen molar-refractivity contribution in [3.63, 3.8) is 0 Å². The third-order valence-electron chi connectivity index (χ3n) is 1.78. The van der Waals surface area contributed by atoms with Crippen molar-refractivity contribution in [3.05, 3.63) is 0 Å². The van der Waals surface area contributed by atoms with Gasteiger partial charge in [0.1, 0.15) is 6.34 Å². The molecule has 0 aromatic carbocycles. The minimum Gasteiger partial charge on any atom is -0.286 e. The number of hydrazone groups is 1. The fraction of sp³-hybridized carbons (Fsp3) is 0.833. The lowest BCUT2D eigenvalue weighted by atomic mass is 10.4. The van der Waals surface area contributed by atoms with E-state index in [2.05, 4.69) is 5.10 Å². The molecule has 88 valence electrons. The Bertz CT molecular complexity index is 263. The molecule has 1 rings (SSSR count). The van der Waals surface area contributed by atoms with Crippen molar-refractivity contribution in [2.24, 2.45) is 5.10 Å². The predicted molar refractivity (Wildman–Crippen MR) is 52.8 cm³/mol. The van der Waals surface area contributed by atoms with Gasteiger partial charge in [-0.2, -0.15) is 18.3 Å². The first kappa shape index (κ1) is 13.0. The van der Waals surface area contributed by atoms with Gasteiger partial charge in [0.05, 0.1) is 0 Å². The van der Waals surface area contributed by atoms with Crippen LogP contribution < -0.4 is 0 Å². The van der Waals surface area contributed by atoms with Crippen molar-refractivity contribution in [1.29, 1.82) is 0 Å². The number of hydrogen-bond donors (Lipinski definition) is 0. The van der Waals surface area contributed by atoms with Crippen LogP contribution in [-0.2, 0) is 0 Å². The molecule has 1 heterocycles. The monoisotopic (exact) mass is 283 g/mol. The van der Waals surface area contributed by atoms with Crippen LogP contribution in [0.25, 0.3) is 0 Å². The van der Waals surface area contributed by atoms with E-state index in [9.17, 15) is 13.2 Å². The standard InChI is InChI=1S/C6H7Cl3F3N3/c1-2-15-4(5(10,11)12)14(3-13-15)6(7,8)9/h3-4H,2H2,1H3. The molecule has 1 aliphatic heterocycles. The molecule has 1 aliphatic rings. The maximum absolute atomic E-state index is 12.6. The summed E-state index contributed by atoms with van der Waals surface area (Å²) in [6.07, 6.45) is -5.71. The lowest BCUT2D eigenvalue weighted by molar-refractivity contribution is -0.207. The van der Waals surface area contributed by atoms with Gasteiger partial charge in [-0.05, 0) is 6.92 Å². The number of nitrogens with zero attached hydrogens (tertiary/aromatic N) is 3. The summed E-state index contributed by atoms with van der Waals surface area (Å²) in [5, 5.41) is 4.30. The number of alkyl halides is 6. The van der Waals surface area contributed by atoms with E-state index >= 15 is 0 Å². The van der Waals surface area contributed by atoms with Gasteiger partial charge in [-0.25, -0.2) is 0 Å². The van der Waals surface area contributed by atoms with Crippen molar-refractivity contribution in [1.82, 2.24) is 9.91 Å². The molecule has 0 aromatic rings. The maximum atomic E-state index is 12.6. The van der Waals surface area contributed by atoms with Gasteiger partial charge in [0.25, 0.3) is 3.92 Å². The van der Waals surface area contributed by atoms with Crippen LogP contribution >= 0.6 is 34.8 Å². The summed E-state index contributed by atoms with van der Waals surface area (Å²) in [6, 6.07) is 0. The van der Waals surface area contributed by atoms with E-state index in [4.69, 9.17) is 34.8 Å². The molecule has 0 amide bonds. The van der Waals surface area contributed by atoms with E-state index in [1.807, 2.05) is 0 Å². The maximum Gasteiger partial charge on any atom is 0.429 e. The van der Waals surface area contributed by atoms with Crippen LogP contribution in [0.3, 0.4) is 0 Å². The lowest BCUT2D eigenvalue weighted by Gasteiger charge is -2.34. The van der Waals surface area contributed by atoms with Crippen LogP contribution in [0.5, 0.6) is 0 Å². The molecular formula is C6H7Cl3F3N3. The van der Waals surface area contributed by atoms with Crippen LogP contribution in [0.15, 0.2) is 5.10 Å². The van der Waals surface area contributed by atoms with Crippen LogP contribution in [0, 0.1) is 0 Å². The SMILES string of the molecule is CCN1N=CN(C(Cl)(Cl)Cl)C1C(F)(F)F. The molecule has 0 fully saturated rings. The van der Waals surface area contributed by atoms with Gasteiger partial charge in [-0.15, -0.1) is 0 Å². The van der Waals surface area contributed by atoms with Crippen molar-refractivity contribution in [2.75, 3.05) is 6.54 Å². The van der Waals surface area contributed by atoms with Crippen LogP contribution in [0.4, 0.5) is 13.2 Å². The fourth-order valence-electron chi connectivity index (χ4n) is 1.18. The summed E-state index contributed by atoms with van der Waals surface area (Å²) in [5.41, 5.74) is 0. The molecule has 0 saturated carbocycles. The molecule has 15 heavy (non-hydrogen) atoms. The van der Waals surface area contributed by atoms with Gasteiger partial charge in [-0.1, -0.05) is 34.8 Å². The van der Waals surface area contributed by atoms with Gasteiger partial charge in [-0.3, -0.25) is 9.91 Å². The molecule has 0 aromatic heterocycles. The first-order valence-corrected chi connectivity index (χ1v) is 5.04. The van der Waals surface area contributed by atoms with Gasteiger partial charge in [0, 0.05) is 6.54 Å². The summed E-state index contributed by atoms with van der Waals surface area (Å²) < 4.78 is 35.7. The molecular weight excluding hydrogens is 277 g/mol. The third kappa shape index (κ3) is 2.73. The second-order valence-electron chi connectivity index (χ2n) is 2.78. The van der Waals surface area contributed by atoms with Crippen LogP contribution in [0.1, 0.15) is 6.92 Å². The zero-order valence-corrected chi connectivity index (χ0v) is 9.74. The Hall–Kier alpha value is -0.0700. The van der Waals surface area contributed by atoms with E-state index in [0.29, 0.717) is 4.90 Å². The smallest absolute Gasteiger partial charge is 0.286 e. The molecule has 9 heteroatoms. The average molecular weight is 284 g/mol. The molecule has 0 spiro atoms. The number of hydrogen-bond acceptors (Lipinski definition) is 3. The zero-order chi connectivity index (χ0) is 11.9. The van der Waals surface area contributed by atoms with Crippen LogP contribution in [-0.4, -0.2) is 39.1 Å².